The van der Waals surface area contributed by atoms with Crippen molar-refractivity contribution in [3.05, 3.63) is 11.9 Å². The van der Waals surface area contributed by atoms with Crippen LogP contribution in [0.25, 0.3) is 0 Å². The van der Waals surface area contributed by atoms with Crippen LogP contribution in [0.5, 0.6) is 0 Å². The summed E-state index contributed by atoms with van der Waals surface area (Å²) in [4.78, 5) is 9.11. The fourth-order valence-electron chi connectivity index (χ4n) is 2.49. The Morgan fingerprint density at radius 1 is 1.15 bits per heavy atom. The summed E-state index contributed by atoms with van der Waals surface area (Å²) in [7, 11) is 1.89. The van der Waals surface area contributed by atoms with Gasteiger partial charge in [0.05, 0.1) is 0 Å². The van der Waals surface area contributed by atoms with Gasteiger partial charge < -0.3 is 15.4 Å². The summed E-state index contributed by atoms with van der Waals surface area (Å²) in [6, 6.07) is 2.38. The molecule has 5 heteroatoms. The molecule has 1 aliphatic rings. The predicted molar refractivity (Wildman–Crippen MR) is 82.3 cm³/mol. The fraction of sp³-hybridized carbons (Fsp3) is 0.733. The van der Waals surface area contributed by atoms with Crippen LogP contribution in [-0.4, -0.2) is 36.3 Å². The molecule has 20 heavy (non-hydrogen) atoms. The summed E-state index contributed by atoms with van der Waals surface area (Å²) in [5.74, 6) is 3.62. The summed E-state index contributed by atoms with van der Waals surface area (Å²) in [6.45, 7) is 8.20. The molecule has 1 saturated heterocycles. The number of nitrogens with one attached hydrogen (secondary N) is 2. The largest absolute Gasteiger partial charge is 0.381 e. The van der Waals surface area contributed by atoms with Gasteiger partial charge in [-0.15, -0.1) is 0 Å². The molecule has 5 nitrogen and oxygen atoms in total. The number of anilines is 2. The lowest BCUT2D eigenvalue weighted by Gasteiger charge is -2.29. The molecule has 0 amide bonds. The smallest absolute Gasteiger partial charge is 0.135 e. The fourth-order valence-corrected chi connectivity index (χ4v) is 2.49. The number of aromatic nitrogens is 2. The Kier molecular flexibility index (Phi) is 5.17. The standard InChI is InChI=1S/C15H26N4O/c1-10(2)15-18-13(16-4)9-14(19-15)17-11(3)12-5-7-20-8-6-12/h9-12H,5-8H2,1-4H3,(H2,16,17,18,19). The maximum Gasteiger partial charge on any atom is 0.135 e. The number of hydrogen-bond acceptors (Lipinski definition) is 5. The van der Waals surface area contributed by atoms with E-state index in [2.05, 4.69) is 41.4 Å². The van der Waals surface area contributed by atoms with Crippen LogP contribution < -0.4 is 10.6 Å². The van der Waals surface area contributed by atoms with Gasteiger partial charge in [0.2, 0.25) is 0 Å². The lowest BCUT2D eigenvalue weighted by Crippen LogP contribution is -2.31. The molecule has 0 radical (unpaired) electrons. The van der Waals surface area contributed by atoms with E-state index in [9.17, 15) is 0 Å². The molecule has 1 fully saturated rings. The average Bonchev–Trinajstić information content (AvgIpc) is 2.47. The third-order valence-electron chi connectivity index (χ3n) is 3.86. The van der Waals surface area contributed by atoms with E-state index < -0.39 is 0 Å². The van der Waals surface area contributed by atoms with Crippen LogP contribution in [0.15, 0.2) is 6.07 Å². The van der Waals surface area contributed by atoms with Gasteiger partial charge in [-0.25, -0.2) is 9.97 Å². The molecule has 0 bridgehead atoms. The maximum atomic E-state index is 5.42. The van der Waals surface area contributed by atoms with Crippen molar-refractivity contribution in [3.63, 3.8) is 0 Å². The lowest BCUT2D eigenvalue weighted by molar-refractivity contribution is 0.0622. The van der Waals surface area contributed by atoms with Crippen LogP contribution in [0.3, 0.4) is 0 Å². The van der Waals surface area contributed by atoms with Crippen molar-refractivity contribution in [1.82, 2.24) is 9.97 Å². The summed E-state index contributed by atoms with van der Waals surface area (Å²) < 4.78 is 5.42. The van der Waals surface area contributed by atoms with E-state index in [1.807, 2.05) is 13.1 Å². The molecule has 2 rings (SSSR count). The Labute approximate surface area is 121 Å². The third-order valence-corrected chi connectivity index (χ3v) is 3.86. The molecule has 1 aromatic heterocycles. The second kappa shape index (κ2) is 6.88. The molecular formula is C15H26N4O. The first-order valence-corrected chi connectivity index (χ1v) is 7.51. The van der Waals surface area contributed by atoms with E-state index in [-0.39, 0.29) is 0 Å². The molecule has 112 valence electrons. The second-order valence-electron chi connectivity index (χ2n) is 5.78. The van der Waals surface area contributed by atoms with Crippen LogP contribution in [0.4, 0.5) is 11.6 Å². The molecule has 0 spiro atoms. The third kappa shape index (κ3) is 3.82. The zero-order valence-corrected chi connectivity index (χ0v) is 12.9. The summed E-state index contributed by atoms with van der Waals surface area (Å²) >= 11 is 0. The second-order valence-corrected chi connectivity index (χ2v) is 5.78. The van der Waals surface area contributed by atoms with Gasteiger partial charge >= 0.3 is 0 Å². The average molecular weight is 278 g/mol. The van der Waals surface area contributed by atoms with Crippen molar-refractivity contribution in [2.45, 2.75) is 45.6 Å². The summed E-state index contributed by atoms with van der Waals surface area (Å²) in [5.41, 5.74) is 0. The SMILES string of the molecule is CNc1cc(NC(C)C2CCOCC2)nc(C(C)C)n1. The van der Waals surface area contributed by atoms with Gasteiger partial charge in [0.15, 0.2) is 0 Å². The molecule has 1 unspecified atom stereocenters. The number of rotatable bonds is 5. The van der Waals surface area contributed by atoms with E-state index in [1.54, 1.807) is 0 Å². The highest BCUT2D eigenvalue weighted by Crippen LogP contribution is 2.23. The monoisotopic (exact) mass is 278 g/mol. The molecule has 2 N–H and O–H groups in total. The van der Waals surface area contributed by atoms with Gasteiger partial charge in [0, 0.05) is 38.3 Å². The molecule has 1 atom stereocenters. The highest BCUT2D eigenvalue weighted by molar-refractivity contribution is 5.48. The minimum absolute atomic E-state index is 0.322. The van der Waals surface area contributed by atoms with E-state index in [0.29, 0.717) is 17.9 Å². The Morgan fingerprint density at radius 2 is 1.80 bits per heavy atom. The number of ether oxygens (including phenoxy) is 1. The lowest BCUT2D eigenvalue weighted by atomic mass is 9.93. The quantitative estimate of drug-likeness (QED) is 0.867. The first-order chi connectivity index (χ1) is 9.60. The predicted octanol–water partition coefficient (Wildman–Crippen LogP) is 2.87. The number of hydrogen-bond donors (Lipinski definition) is 2. The molecule has 0 aliphatic carbocycles. The minimum atomic E-state index is 0.322. The van der Waals surface area contributed by atoms with Gasteiger partial charge in [-0.2, -0.15) is 0 Å². The van der Waals surface area contributed by atoms with Gasteiger partial charge in [-0.1, -0.05) is 13.8 Å². The Morgan fingerprint density at radius 3 is 2.40 bits per heavy atom. The van der Waals surface area contributed by atoms with E-state index >= 15 is 0 Å². The highest BCUT2D eigenvalue weighted by Gasteiger charge is 2.21. The number of nitrogens with zero attached hydrogens (tertiary/aromatic N) is 2. The van der Waals surface area contributed by atoms with Crippen molar-refractivity contribution in [2.24, 2.45) is 5.92 Å². The summed E-state index contributed by atoms with van der Waals surface area (Å²) in [6.07, 6.45) is 2.24. The van der Waals surface area contributed by atoms with Gasteiger partial charge in [-0.3, -0.25) is 0 Å². The van der Waals surface area contributed by atoms with Crippen LogP contribution >= 0.6 is 0 Å². The van der Waals surface area contributed by atoms with Gasteiger partial charge in [0.25, 0.3) is 0 Å². The Balaban J connectivity index is 2.09. The van der Waals surface area contributed by atoms with Gasteiger partial charge in [0.1, 0.15) is 17.5 Å². The van der Waals surface area contributed by atoms with Crippen molar-refractivity contribution < 1.29 is 4.74 Å². The van der Waals surface area contributed by atoms with Crippen molar-refractivity contribution in [1.29, 1.82) is 0 Å². The first kappa shape index (κ1) is 15.0. The van der Waals surface area contributed by atoms with Crippen LogP contribution in [0.2, 0.25) is 0 Å². The maximum absolute atomic E-state index is 5.42. The van der Waals surface area contributed by atoms with Crippen LogP contribution in [-0.2, 0) is 4.74 Å². The molecule has 1 aliphatic heterocycles. The topological polar surface area (TPSA) is 59.1 Å². The van der Waals surface area contributed by atoms with Crippen molar-refractivity contribution >= 4 is 11.6 Å². The molecule has 2 heterocycles. The summed E-state index contributed by atoms with van der Waals surface area (Å²) in [5, 5.41) is 6.64. The van der Waals surface area contributed by atoms with Gasteiger partial charge in [-0.05, 0) is 25.7 Å². The molecule has 1 aromatic rings. The highest BCUT2D eigenvalue weighted by atomic mass is 16.5. The zero-order chi connectivity index (χ0) is 14.5. The molecular weight excluding hydrogens is 252 g/mol. The first-order valence-electron chi connectivity index (χ1n) is 7.51. The minimum Gasteiger partial charge on any atom is -0.381 e. The molecule has 0 aromatic carbocycles. The van der Waals surface area contributed by atoms with Crippen molar-refractivity contribution in [2.75, 3.05) is 30.9 Å². The molecule has 0 saturated carbocycles. The van der Waals surface area contributed by atoms with Crippen LogP contribution in [0.1, 0.15) is 45.4 Å². The Hall–Kier alpha value is -1.36. The van der Waals surface area contributed by atoms with E-state index in [0.717, 1.165) is 43.5 Å². The van der Waals surface area contributed by atoms with E-state index in [1.165, 1.54) is 0 Å². The normalized spacial score (nSPS) is 18.1. The Bertz CT molecular complexity index is 430. The zero-order valence-electron chi connectivity index (χ0n) is 12.9. The van der Waals surface area contributed by atoms with Crippen LogP contribution in [0, 0.1) is 5.92 Å². The van der Waals surface area contributed by atoms with Crippen molar-refractivity contribution in [3.8, 4) is 0 Å². The van der Waals surface area contributed by atoms with E-state index in [4.69, 9.17) is 4.74 Å².